The van der Waals surface area contributed by atoms with Crippen molar-refractivity contribution >= 4 is 15.9 Å². The molecule has 2 unspecified atom stereocenters. The molecular weight excluding hydrogens is 376 g/mol. The summed E-state index contributed by atoms with van der Waals surface area (Å²) in [6, 6.07) is 4.73. The van der Waals surface area contributed by atoms with Crippen LogP contribution in [0.25, 0.3) is 0 Å². The van der Waals surface area contributed by atoms with Gasteiger partial charge in [-0.1, -0.05) is 32.6 Å². The third kappa shape index (κ3) is 4.87. The molecule has 6 nitrogen and oxygen atoms in total. The number of nitrogens with one attached hydrogen (secondary N) is 1. The summed E-state index contributed by atoms with van der Waals surface area (Å²) >= 11 is 0. The molecule has 0 spiro atoms. The summed E-state index contributed by atoms with van der Waals surface area (Å²) in [6.07, 6.45) is 8.09. The van der Waals surface area contributed by atoms with Gasteiger partial charge >= 0.3 is 0 Å². The second-order valence-electron chi connectivity index (χ2n) is 8.12. The monoisotopic (exact) mass is 408 g/mol. The Morgan fingerprint density at radius 1 is 1.11 bits per heavy atom. The van der Waals surface area contributed by atoms with Crippen LogP contribution in [-0.4, -0.2) is 44.9 Å². The Balaban J connectivity index is 1.83. The van der Waals surface area contributed by atoms with Crippen molar-refractivity contribution in [1.82, 2.24) is 9.62 Å². The molecule has 1 aromatic rings. The highest BCUT2D eigenvalue weighted by Gasteiger charge is 2.28. The van der Waals surface area contributed by atoms with Gasteiger partial charge < -0.3 is 10.1 Å². The maximum Gasteiger partial charge on any atom is 0.255 e. The number of hydrogen-bond acceptors (Lipinski definition) is 4. The molecule has 1 amide bonds. The highest BCUT2D eigenvalue weighted by molar-refractivity contribution is 7.89. The Morgan fingerprint density at radius 2 is 1.82 bits per heavy atom. The summed E-state index contributed by atoms with van der Waals surface area (Å²) in [5.74, 6) is 0.732. The first-order valence-corrected chi connectivity index (χ1v) is 11.8. The van der Waals surface area contributed by atoms with Gasteiger partial charge in [-0.25, -0.2) is 8.42 Å². The topological polar surface area (TPSA) is 75.7 Å². The van der Waals surface area contributed by atoms with Crippen LogP contribution in [0.2, 0.25) is 0 Å². The summed E-state index contributed by atoms with van der Waals surface area (Å²) in [4.78, 5) is 13.1. The standard InChI is InChI=1S/C21H32N2O4S/c1-16-8-7-9-17(14-16)22-21(24)19-15-18(10-11-20(19)27-2)28(25,26)23-12-5-3-4-6-13-23/h10-11,15-17H,3-9,12-14H2,1-2H3,(H,22,24). The summed E-state index contributed by atoms with van der Waals surface area (Å²) in [6.45, 7) is 3.28. The highest BCUT2D eigenvalue weighted by atomic mass is 32.2. The fraction of sp³-hybridized carbons (Fsp3) is 0.667. The van der Waals surface area contributed by atoms with E-state index >= 15 is 0 Å². The fourth-order valence-corrected chi connectivity index (χ4v) is 5.83. The van der Waals surface area contributed by atoms with Crippen LogP contribution < -0.4 is 10.1 Å². The number of methoxy groups -OCH3 is 1. The van der Waals surface area contributed by atoms with Crippen molar-refractivity contribution in [1.29, 1.82) is 0 Å². The normalized spacial score (nSPS) is 24.4. The van der Waals surface area contributed by atoms with Gasteiger partial charge in [0.2, 0.25) is 10.0 Å². The lowest BCUT2D eigenvalue weighted by molar-refractivity contribution is 0.0918. The molecule has 2 atom stereocenters. The molecular formula is C21H32N2O4S. The number of carbonyl (C=O) groups excluding carboxylic acids is 1. The molecule has 28 heavy (non-hydrogen) atoms. The molecule has 0 bridgehead atoms. The van der Waals surface area contributed by atoms with E-state index in [9.17, 15) is 13.2 Å². The molecule has 1 saturated heterocycles. The van der Waals surface area contributed by atoms with Crippen molar-refractivity contribution in [2.24, 2.45) is 5.92 Å². The van der Waals surface area contributed by atoms with Gasteiger partial charge in [-0.05, 0) is 49.8 Å². The van der Waals surface area contributed by atoms with Crippen molar-refractivity contribution in [2.75, 3.05) is 20.2 Å². The molecule has 1 heterocycles. The van der Waals surface area contributed by atoms with Crippen LogP contribution in [0.4, 0.5) is 0 Å². The Morgan fingerprint density at radius 3 is 2.46 bits per heavy atom. The van der Waals surface area contributed by atoms with Gasteiger partial charge in [-0.3, -0.25) is 4.79 Å². The Hall–Kier alpha value is -1.60. The summed E-state index contributed by atoms with van der Waals surface area (Å²) in [5, 5.41) is 3.08. The average Bonchev–Trinajstić information content (AvgIpc) is 2.97. The van der Waals surface area contributed by atoms with E-state index in [1.807, 2.05) is 0 Å². The minimum Gasteiger partial charge on any atom is -0.496 e. The van der Waals surface area contributed by atoms with E-state index in [1.165, 1.54) is 19.6 Å². The number of carbonyl (C=O) groups is 1. The van der Waals surface area contributed by atoms with Crippen molar-refractivity contribution < 1.29 is 17.9 Å². The number of amides is 1. The van der Waals surface area contributed by atoms with Crippen LogP contribution in [0.3, 0.4) is 0 Å². The van der Waals surface area contributed by atoms with Gasteiger partial charge in [0.15, 0.2) is 0 Å². The predicted molar refractivity (Wildman–Crippen MR) is 109 cm³/mol. The molecule has 1 N–H and O–H groups in total. The minimum atomic E-state index is -3.61. The number of sulfonamides is 1. The average molecular weight is 409 g/mol. The molecule has 3 rings (SSSR count). The van der Waals surface area contributed by atoms with E-state index in [0.717, 1.165) is 44.9 Å². The molecule has 1 saturated carbocycles. The maximum atomic E-state index is 13.1. The van der Waals surface area contributed by atoms with Crippen LogP contribution in [0.5, 0.6) is 5.75 Å². The molecule has 2 fully saturated rings. The van der Waals surface area contributed by atoms with Gasteiger partial charge in [0.1, 0.15) is 5.75 Å². The lowest BCUT2D eigenvalue weighted by atomic mass is 9.87. The van der Waals surface area contributed by atoms with Crippen molar-refractivity contribution in [3.05, 3.63) is 23.8 Å². The molecule has 156 valence electrons. The summed E-state index contributed by atoms with van der Waals surface area (Å²) < 4.78 is 33.1. The van der Waals surface area contributed by atoms with Gasteiger partial charge in [-0.2, -0.15) is 4.31 Å². The fourth-order valence-electron chi connectivity index (χ4n) is 4.28. The van der Waals surface area contributed by atoms with E-state index < -0.39 is 10.0 Å². The lowest BCUT2D eigenvalue weighted by Crippen LogP contribution is -2.38. The Kier molecular flexibility index (Phi) is 6.99. The zero-order valence-electron chi connectivity index (χ0n) is 16.9. The minimum absolute atomic E-state index is 0.131. The van der Waals surface area contributed by atoms with E-state index in [0.29, 0.717) is 24.8 Å². The molecule has 1 aromatic carbocycles. The van der Waals surface area contributed by atoms with Crippen LogP contribution in [0, 0.1) is 5.92 Å². The lowest BCUT2D eigenvalue weighted by Gasteiger charge is -2.27. The van der Waals surface area contributed by atoms with Gasteiger partial charge in [0.25, 0.3) is 5.91 Å². The zero-order chi connectivity index (χ0) is 20.1. The number of ether oxygens (including phenoxy) is 1. The van der Waals surface area contributed by atoms with Gasteiger partial charge in [-0.15, -0.1) is 0 Å². The number of hydrogen-bond donors (Lipinski definition) is 1. The van der Waals surface area contributed by atoms with Crippen molar-refractivity contribution in [2.45, 2.75) is 69.2 Å². The second kappa shape index (κ2) is 9.27. The maximum absolute atomic E-state index is 13.1. The summed E-state index contributed by atoms with van der Waals surface area (Å²) in [7, 11) is -2.11. The largest absolute Gasteiger partial charge is 0.496 e. The molecule has 0 radical (unpaired) electrons. The Bertz CT molecular complexity index is 786. The highest BCUT2D eigenvalue weighted by Crippen LogP contribution is 2.28. The first-order chi connectivity index (χ1) is 13.4. The molecule has 1 aliphatic heterocycles. The van der Waals surface area contributed by atoms with Crippen LogP contribution in [-0.2, 0) is 10.0 Å². The van der Waals surface area contributed by atoms with E-state index in [2.05, 4.69) is 12.2 Å². The van der Waals surface area contributed by atoms with Crippen molar-refractivity contribution in [3.8, 4) is 5.75 Å². The zero-order valence-corrected chi connectivity index (χ0v) is 17.8. The van der Waals surface area contributed by atoms with Crippen LogP contribution in [0.15, 0.2) is 23.1 Å². The molecule has 1 aliphatic carbocycles. The second-order valence-corrected chi connectivity index (χ2v) is 10.1. The van der Waals surface area contributed by atoms with E-state index in [-0.39, 0.29) is 22.4 Å². The first-order valence-electron chi connectivity index (χ1n) is 10.4. The summed E-state index contributed by atoms with van der Waals surface area (Å²) in [5.41, 5.74) is 0.289. The molecule has 2 aliphatic rings. The smallest absolute Gasteiger partial charge is 0.255 e. The predicted octanol–water partition coefficient (Wildman–Crippen LogP) is 3.57. The number of nitrogens with zero attached hydrogens (tertiary/aromatic N) is 1. The van der Waals surface area contributed by atoms with E-state index in [4.69, 9.17) is 4.74 Å². The number of benzene rings is 1. The van der Waals surface area contributed by atoms with Crippen molar-refractivity contribution in [3.63, 3.8) is 0 Å². The van der Waals surface area contributed by atoms with E-state index in [1.54, 1.807) is 16.4 Å². The molecule has 7 heteroatoms. The van der Waals surface area contributed by atoms with Gasteiger partial charge in [0, 0.05) is 19.1 Å². The SMILES string of the molecule is COc1ccc(S(=O)(=O)N2CCCCCC2)cc1C(=O)NC1CCCC(C)C1. The van der Waals surface area contributed by atoms with Crippen LogP contribution in [0.1, 0.15) is 68.6 Å². The third-order valence-corrected chi connectivity index (χ3v) is 7.78. The Labute approximate surface area is 168 Å². The first kappa shape index (κ1) is 21.1. The van der Waals surface area contributed by atoms with Gasteiger partial charge in [0.05, 0.1) is 17.6 Å². The van der Waals surface area contributed by atoms with Crippen LogP contribution >= 0.6 is 0 Å². The third-order valence-electron chi connectivity index (χ3n) is 5.89. The number of rotatable bonds is 5. The molecule has 0 aromatic heterocycles. The quantitative estimate of drug-likeness (QED) is 0.808.